The van der Waals surface area contributed by atoms with Crippen molar-refractivity contribution < 1.29 is 9.84 Å². The third-order valence-corrected chi connectivity index (χ3v) is 2.15. The topological polar surface area (TPSA) is 55.5 Å². The second kappa shape index (κ2) is 2.38. The van der Waals surface area contributed by atoms with Crippen molar-refractivity contribution in [2.24, 2.45) is 5.73 Å². The minimum atomic E-state index is -0.0912. The highest BCUT2D eigenvalue weighted by Gasteiger charge is 2.21. The number of ether oxygens (including phenoxy) is 1. The number of nitrogens with two attached hydrogens (primary N) is 1. The van der Waals surface area contributed by atoms with E-state index in [4.69, 9.17) is 10.5 Å². The molecule has 1 atom stereocenters. The highest BCUT2D eigenvalue weighted by molar-refractivity contribution is 5.48. The number of aryl methyl sites for hydroxylation is 1. The molecule has 0 aliphatic carbocycles. The molecule has 3 N–H and O–H groups in total. The van der Waals surface area contributed by atoms with E-state index in [0.717, 1.165) is 16.9 Å². The molecule has 1 aliphatic rings. The van der Waals surface area contributed by atoms with Gasteiger partial charge in [0.15, 0.2) is 0 Å². The highest BCUT2D eigenvalue weighted by Crippen LogP contribution is 2.35. The average Bonchev–Trinajstić information content (AvgIpc) is 2.35. The van der Waals surface area contributed by atoms with Crippen LogP contribution >= 0.6 is 0 Å². The summed E-state index contributed by atoms with van der Waals surface area (Å²) in [6, 6.07) is 3.41. The van der Waals surface area contributed by atoms with E-state index in [0.29, 0.717) is 6.61 Å². The van der Waals surface area contributed by atoms with Gasteiger partial charge in [0, 0.05) is 5.56 Å². The third kappa shape index (κ3) is 0.940. The summed E-state index contributed by atoms with van der Waals surface area (Å²) >= 11 is 0. The zero-order chi connectivity index (χ0) is 8.72. The first-order valence-electron chi connectivity index (χ1n) is 3.90. The lowest BCUT2D eigenvalue weighted by Gasteiger charge is -2.03. The van der Waals surface area contributed by atoms with Crippen LogP contribution in [0.4, 0.5) is 0 Å². The number of phenolic OH excluding ortho intramolecular Hbond substituents is 1. The van der Waals surface area contributed by atoms with Gasteiger partial charge in [0.2, 0.25) is 0 Å². The summed E-state index contributed by atoms with van der Waals surface area (Å²) < 4.78 is 5.31. The Hall–Kier alpha value is -1.22. The smallest absolute Gasteiger partial charge is 0.124 e. The third-order valence-electron chi connectivity index (χ3n) is 2.15. The molecule has 0 saturated heterocycles. The van der Waals surface area contributed by atoms with E-state index in [1.54, 1.807) is 6.07 Å². The second-order valence-electron chi connectivity index (χ2n) is 3.09. The highest BCUT2D eigenvalue weighted by atomic mass is 16.5. The fourth-order valence-corrected chi connectivity index (χ4v) is 1.37. The number of phenols is 1. The van der Waals surface area contributed by atoms with E-state index in [1.807, 2.05) is 13.0 Å². The van der Waals surface area contributed by atoms with Crippen molar-refractivity contribution >= 4 is 0 Å². The standard InChI is InChI=1S/C9H11NO2/c1-5-2-9-6(3-8(5)11)7(10)4-12-9/h2-3,7,11H,4,10H2,1H3/t7-/m1/s1. The lowest BCUT2D eigenvalue weighted by molar-refractivity contribution is 0.333. The molecule has 0 spiro atoms. The van der Waals surface area contributed by atoms with Crippen molar-refractivity contribution in [1.29, 1.82) is 0 Å². The number of fused-ring (bicyclic) bond motifs is 1. The van der Waals surface area contributed by atoms with E-state index in [1.165, 1.54) is 0 Å². The van der Waals surface area contributed by atoms with E-state index < -0.39 is 0 Å². The van der Waals surface area contributed by atoms with Crippen LogP contribution in [0, 0.1) is 6.92 Å². The minimum Gasteiger partial charge on any atom is -0.508 e. The summed E-state index contributed by atoms with van der Waals surface area (Å²) in [5, 5.41) is 9.39. The van der Waals surface area contributed by atoms with Gasteiger partial charge in [-0.15, -0.1) is 0 Å². The Balaban J connectivity index is 2.56. The van der Waals surface area contributed by atoms with Crippen LogP contribution in [0.5, 0.6) is 11.5 Å². The van der Waals surface area contributed by atoms with E-state index in [9.17, 15) is 5.11 Å². The molecule has 1 aromatic rings. The average molecular weight is 165 g/mol. The SMILES string of the molecule is Cc1cc2c(cc1O)[C@H](N)CO2. The summed E-state index contributed by atoms with van der Waals surface area (Å²) in [4.78, 5) is 0. The quantitative estimate of drug-likeness (QED) is 0.605. The van der Waals surface area contributed by atoms with Crippen LogP contribution in [0.15, 0.2) is 12.1 Å². The van der Waals surface area contributed by atoms with Crippen LogP contribution in [0.3, 0.4) is 0 Å². The van der Waals surface area contributed by atoms with E-state index in [-0.39, 0.29) is 11.8 Å². The second-order valence-corrected chi connectivity index (χ2v) is 3.09. The molecule has 3 nitrogen and oxygen atoms in total. The molecule has 0 radical (unpaired) electrons. The Bertz CT molecular complexity index is 323. The summed E-state index contributed by atoms with van der Waals surface area (Å²) in [5.74, 6) is 1.09. The molecule has 0 saturated carbocycles. The molecule has 0 bridgehead atoms. The van der Waals surface area contributed by atoms with Crippen molar-refractivity contribution in [3.8, 4) is 11.5 Å². The number of rotatable bonds is 0. The van der Waals surface area contributed by atoms with Gasteiger partial charge in [0.1, 0.15) is 18.1 Å². The molecule has 1 aromatic carbocycles. The van der Waals surface area contributed by atoms with Crippen LogP contribution in [0.25, 0.3) is 0 Å². The van der Waals surface area contributed by atoms with Crippen LogP contribution in [-0.4, -0.2) is 11.7 Å². The van der Waals surface area contributed by atoms with Gasteiger partial charge in [0.25, 0.3) is 0 Å². The van der Waals surface area contributed by atoms with Gasteiger partial charge in [-0.3, -0.25) is 0 Å². The molecule has 0 amide bonds. The molecular weight excluding hydrogens is 154 g/mol. The lowest BCUT2D eigenvalue weighted by Crippen LogP contribution is -2.10. The van der Waals surface area contributed by atoms with E-state index in [2.05, 4.69) is 0 Å². The first-order chi connectivity index (χ1) is 5.68. The van der Waals surface area contributed by atoms with Crippen LogP contribution < -0.4 is 10.5 Å². The summed E-state index contributed by atoms with van der Waals surface area (Å²) in [6.07, 6.45) is 0. The number of benzene rings is 1. The Morgan fingerprint density at radius 3 is 3.08 bits per heavy atom. The van der Waals surface area contributed by atoms with Crippen molar-refractivity contribution in [2.75, 3.05) is 6.61 Å². The van der Waals surface area contributed by atoms with Crippen molar-refractivity contribution in [2.45, 2.75) is 13.0 Å². The summed E-state index contributed by atoms with van der Waals surface area (Å²) in [7, 11) is 0. The molecular formula is C9H11NO2. The maximum atomic E-state index is 9.39. The maximum Gasteiger partial charge on any atom is 0.124 e. The predicted molar refractivity (Wildman–Crippen MR) is 45.3 cm³/mol. The van der Waals surface area contributed by atoms with Crippen molar-refractivity contribution in [1.82, 2.24) is 0 Å². The number of hydrogen-bond acceptors (Lipinski definition) is 3. The minimum absolute atomic E-state index is 0.0912. The predicted octanol–water partition coefficient (Wildman–Crippen LogP) is 1.09. The first kappa shape index (κ1) is 7.43. The van der Waals surface area contributed by atoms with E-state index >= 15 is 0 Å². The zero-order valence-electron chi connectivity index (χ0n) is 6.87. The number of aromatic hydroxyl groups is 1. The van der Waals surface area contributed by atoms with Gasteiger partial charge >= 0.3 is 0 Å². The molecule has 3 heteroatoms. The van der Waals surface area contributed by atoms with Gasteiger partial charge in [-0.1, -0.05) is 0 Å². The van der Waals surface area contributed by atoms with Gasteiger partial charge in [-0.25, -0.2) is 0 Å². The van der Waals surface area contributed by atoms with Gasteiger partial charge in [0.05, 0.1) is 6.04 Å². The molecule has 1 heterocycles. The molecule has 0 unspecified atom stereocenters. The fourth-order valence-electron chi connectivity index (χ4n) is 1.37. The molecule has 64 valence electrons. The molecule has 1 aliphatic heterocycles. The first-order valence-corrected chi connectivity index (χ1v) is 3.90. The van der Waals surface area contributed by atoms with Gasteiger partial charge in [-0.05, 0) is 24.6 Å². The molecule has 2 rings (SSSR count). The zero-order valence-corrected chi connectivity index (χ0v) is 6.87. The summed E-state index contributed by atoms with van der Waals surface area (Å²) in [6.45, 7) is 2.35. The molecule has 0 fully saturated rings. The largest absolute Gasteiger partial charge is 0.508 e. The Kier molecular flexibility index (Phi) is 1.48. The Morgan fingerprint density at radius 1 is 1.58 bits per heavy atom. The molecule has 12 heavy (non-hydrogen) atoms. The fraction of sp³-hybridized carbons (Fsp3) is 0.333. The van der Waals surface area contributed by atoms with Crippen molar-refractivity contribution in [3.63, 3.8) is 0 Å². The Morgan fingerprint density at radius 2 is 2.33 bits per heavy atom. The lowest BCUT2D eigenvalue weighted by atomic mass is 10.1. The summed E-state index contributed by atoms with van der Waals surface area (Å²) in [5.41, 5.74) is 7.45. The monoisotopic (exact) mass is 165 g/mol. The normalized spacial score (nSPS) is 20.3. The van der Waals surface area contributed by atoms with Gasteiger partial charge < -0.3 is 15.6 Å². The van der Waals surface area contributed by atoms with Crippen molar-refractivity contribution in [3.05, 3.63) is 23.3 Å². The Labute approximate surface area is 70.8 Å². The van der Waals surface area contributed by atoms with Gasteiger partial charge in [-0.2, -0.15) is 0 Å². The van der Waals surface area contributed by atoms with Crippen LogP contribution in [0.2, 0.25) is 0 Å². The van der Waals surface area contributed by atoms with Crippen LogP contribution in [0.1, 0.15) is 17.2 Å². The van der Waals surface area contributed by atoms with Crippen LogP contribution in [-0.2, 0) is 0 Å². The number of hydrogen-bond donors (Lipinski definition) is 2. The maximum absolute atomic E-state index is 9.39. The molecule has 0 aromatic heterocycles.